The molecule has 0 unspecified atom stereocenters. The Balaban J connectivity index is 2.02. The van der Waals surface area contributed by atoms with Crippen LogP contribution in [0.3, 0.4) is 0 Å². The van der Waals surface area contributed by atoms with E-state index < -0.39 is 0 Å². The Morgan fingerprint density at radius 2 is 2.05 bits per heavy atom. The van der Waals surface area contributed by atoms with E-state index in [1.165, 1.54) is 19.3 Å². The maximum Gasteiger partial charge on any atom is 0.226 e. The number of hydrogen-bond donors (Lipinski definition) is 2. The predicted octanol–water partition coefficient (Wildman–Crippen LogP) is 4.35. The monoisotopic (exact) mass is 358 g/mol. The summed E-state index contributed by atoms with van der Waals surface area (Å²) < 4.78 is 0.901. The van der Waals surface area contributed by atoms with E-state index in [4.69, 9.17) is 11.6 Å². The zero-order chi connectivity index (χ0) is 14.6. The van der Waals surface area contributed by atoms with Gasteiger partial charge >= 0.3 is 0 Å². The summed E-state index contributed by atoms with van der Waals surface area (Å²) in [6, 6.07) is 5.46. The Morgan fingerprint density at radius 1 is 1.35 bits per heavy atom. The van der Waals surface area contributed by atoms with Crippen molar-refractivity contribution in [1.82, 2.24) is 5.32 Å². The highest BCUT2D eigenvalue weighted by atomic mass is 79.9. The lowest BCUT2D eigenvalue weighted by molar-refractivity contribution is -0.117. The summed E-state index contributed by atoms with van der Waals surface area (Å²) in [4.78, 5) is 12.3. The molecule has 0 heterocycles. The molecule has 1 aromatic carbocycles. The van der Waals surface area contributed by atoms with Crippen molar-refractivity contribution in [3.8, 4) is 0 Å². The molecule has 1 aliphatic carbocycles. The van der Waals surface area contributed by atoms with Gasteiger partial charge in [-0.1, -0.05) is 46.8 Å². The number of benzene rings is 1. The number of rotatable bonds is 4. The number of nitrogens with one attached hydrogen (secondary N) is 2. The van der Waals surface area contributed by atoms with Crippen LogP contribution in [0.5, 0.6) is 0 Å². The molecule has 0 atom stereocenters. The highest BCUT2D eigenvalue weighted by molar-refractivity contribution is 9.10. The lowest BCUT2D eigenvalue weighted by Crippen LogP contribution is -2.47. The molecule has 2 rings (SSSR count). The summed E-state index contributed by atoms with van der Waals surface area (Å²) >= 11 is 9.49. The first kappa shape index (κ1) is 15.8. The van der Waals surface area contributed by atoms with E-state index in [-0.39, 0.29) is 11.4 Å². The topological polar surface area (TPSA) is 41.1 Å². The summed E-state index contributed by atoms with van der Waals surface area (Å²) in [5.41, 5.74) is 0.606. The van der Waals surface area contributed by atoms with Crippen LogP contribution >= 0.6 is 27.5 Å². The van der Waals surface area contributed by atoms with E-state index in [2.05, 4.69) is 26.6 Å². The lowest BCUT2D eigenvalue weighted by Gasteiger charge is -2.36. The molecule has 0 spiro atoms. The third-order valence-electron chi connectivity index (χ3n) is 4.04. The third kappa shape index (κ3) is 3.96. The van der Waals surface area contributed by atoms with Crippen LogP contribution in [0.15, 0.2) is 22.7 Å². The fourth-order valence-corrected chi connectivity index (χ4v) is 3.36. The standard InChI is InChI=1S/C15H20BrClN2O/c1-18-15(7-3-2-4-8-15)10-14(20)19-13-9-11(16)5-6-12(13)17/h5-6,9,18H,2-4,7-8,10H2,1H3,(H,19,20). The van der Waals surface area contributed by atoms with E-state index in [1.807, 2.05) is 19.2 Å². The van der Waals surface area contributed by atoms with Gasteiger partial charge < -0.3 is 10.6 Å². The zero-order valence-electron chi connectivity index (χ0n) is 11.6. The molecule has 0 aromatic heterocycles. The van der Waals surface area contributed by atoms with Gasteiger partial charge in [0.1, 0.15) is 0 Å². The molecule has 110 valence electrons. The second kappa shape index (κ2) is 6.92. The Bertz CT molecular complexity index is 487. The molecule has 0 radical (unpaired) electrons. The molecule has 5 heteroatoms. The smallest absolute Gasteiger partial charge is 0.226 e. The molecular formula is C15H20BrClN2O. The van der Waals surface area contributed by atoms with Crippen molar-refractivity contribution < 1.29 is 4.79 Å². The quantitative estimate of drug-likeness (QED) is 0.839. The number of hydrogen-bond acceptors (Lipinski definition) is 2. The SMILES string of the molecule is CNC1(CC(=O)Nc2cc(Br)ccc2Cl)CCCCC1. The Kier molecular flexibility index (Phi) is 5.47. The van der Waals surface area contributed by atoms with Crippen molar-refractivity contribution in [2.75, 3.05) is 12.4 Å². The van der Waals surface area contributed by atoms with Gasteiger partial charge in [-0.15, -0.1) is 0 Å². The Morgan fingerprint density at radius 3 is 2.70 bits per heavy atom. The fraction of sp³-hybridized carbons (Fsp3) is 0.533. The Labute approximate surface area is 133 Å². The van der Waals surface area contributed by atoms with Gasteiger partial charge in [-0.3, -0.25) is 4.79 Å². The third-order valence-corrected chi connectivity index (χ3v) is 4.87. The van der Waals surface area contributed by atoms with Gasteiger partial charge in [-0.2, -0.15) is 0 Å². The van der Waals surface area contributed by atoms with Crippen molar-refractivity contribution >= 4 is 39.1 Å². The Hall–Kier alpha value is -0.580. The van der Waals surface area contributed by atoms with Crippen LogP contribution in [0.2, 0.25) is 5.02 Å². The second-order valence-electron chi connectivity index (χ2n) is 5.44. The van der Waals surface area contributed by atoms with Gasteiger partial charge in [0, 0.05) is 16.4 Å². The lowest BCUT2D eigenvalue weighted by atomic mass is 9.79. The number of carbonyl (C=O) groups excluding carboxylic acids is 1. The molecule has 0 saturated heterocycles. The predicted molar refractivity (Wildman–Crippen MR) is 87.3 cm³/mol. The molecule has 20 heavy (non-hydrogen) atoms. The van der Waals surface area contributed by atoms with E-state index in [0.29, 0.717) is 17.1 Å². The summed E-state index contributed by atoms with van der Waals surface area (Å²) in [6.07, 6.45) is 6.25. The molecule has 1 aromatic rings. The number of halogens is 2. The van der Waals surface area contributed by atoms with Crippen molar-refractivity contribution in [2.45, 2.75) is 44.1 Å². The minimum absolute atomic E-state index is 0.0150. The molecule has 1 amide bonds. The van der Waals surface area contributed by atoms with E-state index in [0.717, 1.165) is 17.3 Å². The van der Waals surface area contributed by atoms with E-state index in [9.17, 15) is 4.79 Å². The van der Waals surface area contributed by atoms with Gasteiger partial charge in [-0.25, -0.2) is 0 Å². The van der Waals surface area contributed by atoms with Crippen molar-refractivity contribution in [3.63, 3.8) is 0 Å². The molecule has 0 bridgehead atoms. The number of anilines is 1. The van der Waals surface area contributed by atoms with Crippen molar-refractivity contribution in [3.05, 3.63) is 27.7 Å². The number of amides is 1. The molecule has 1 aliphatic rings. The van der Waals surface area contributed by atoms with Crippen LogP contribution in [0, 0.1) is 0 Å². The molecule has 3 nitrogen and oxygen atoms in total. The maximum absolute atomic E-state index is 12.3. The van der Waals surface area contributed by atoms with Crippen LogP contribution in [0.25, 0.3) is 0 Å². The molecule has 2 N–H and O–H groups in total. The van der Waals surface area contributed by atoms with Gasteiger partial charge in [0.15, 0.2) is 0 Å². The fourth-order valence-electron chi connectivity index (χ4n) is 2.84. The molecular weight excluding hydrogens is 340 g/mol. The zero-order valence-corrected chi connectivity index (χ0v) is 14.0. The summed E-state index contributed by atoms with van der Waals surface area (Å²) in [7, 11) is 1.95. The van der Waals surface area contributed by atoms with Crippen LogP contribution in [0.1, 0.15) is 38.5 Å². The average molecular weight is 360 g/mol. The highest BCUT2D eigenvalue weighted by Crippen LogP contribution is 2.32. The van der Waals surface area contributed by atoms with E-state index >= 15 is 0 Å². The van der Waals surface area contributed by atoms with Crippen LogP contribution in [0.4, 0.5) is 5.69 Å². The normalized spacial score (nSPS) is 17.8. The summed E-state index contributed by atoms with van der Waals surface area (Å²) in [6.45, 7) is 0. The molecule has 0 aliphatic heterocycles. The molecule has 1 fully saturated rings. The average Bonchev–Trinajstić information content (AvgIpc) is 2.44. The first-order valence-electron chi connectivity index (χ1n) is 6.98. The maximum atomic E-state index is 12.3. The van der Waals surface area contributed by atoms with Gasteiger partial charge in [-0.05, 0) is 38.1 Å². The van der Waals surface area contributed by atoms with Crippen LogP contribution in [-0.4, -0.2) is 18.5 Å². The minimum Gasteiger partial charge on any atom is -0.325 e. The van der Waals surface area contributed by atoms with Crippen LogP contribution in [-0.2, 0) is 4.79 Å². The first-order valence-corrected chi connectivity index (χ1v) is 8.16. The highest BCUT2D eigenvalue weighted by Gasteiger charge is 2.32. The van der Waals surface area contributed by atoms with E-state index in [1.54, 1.807) is 6.07 Å². The van der Waals surface area contributed by atoms with Crippen molar-refractivity contribution in [1.29, 1.82) is 0 Å². The largest absolute Gasteiger partial charge is 0.325 e. The van der Waals surface area contributed by atoms with Gasteiger partial charge in [0.25, 0.3) is 0 Å². The first-order chi connectivity index (χ1) is 9.54. The van der Waals surface area contributed by atoms with Gasteiger partial charge in [0.05, 0.1) is 10.7 Å². The van der Waals surface area contributed by atoms with Crippen LogP contribution < -0.4 is 10.6 Å². The summed E-state index contributed by atoms with van der Waals surface area (Å²) in [5, 5.41) is 6.83. The molecule has 1 saturated carbocycles. The van der Waals surface area contributed by atoms with Gasteiger partial charge in [0.2, 0.25) is 5.91 Å². The minimum atomic E-state index is -0.0547. The second-order valence-corrected chi connectivity index (χ2v) is 6.76. The van der Waals surface area contributed by atoms with Crippen molar-refractivity contribution in [2.24, 2.45) is 0 Å². The number of carbonyl (C=O) groups is 1. The summed E-state index contributed by atoms with van der Waals surface area (Å²) in [5.74, 6) is 0.0150.